The Morgan fingerprint density at radius 2 is 2.03 bits per heavy atom. The fourth-order valence-electron chi connectivity index (χ4n) is 6.70. The number of nitrogens with zero attached hydrogens (tertiary/aromatic N) is 4. The number of alkyl halides is 1. The Labute approximate surface area is 219 Å². The molecule has 8 rings (SSSR count). The standard InChI is InChI=1S/C28H31FN6O3/c29-27-13-26(14-27,15-27)16-31-19-4-3-8-34(12-19)20-6-7-21(30-11-20)28(17-38-18-28)25(37)33-22-10-24(36)35-9-2-1-5-23(35)32-22/h1-2,5-7,9-11,19,31H,3-4,8,12-18H2,(H,33,37)/t19-,26?,27?/m1/s1. The SMILES string of the molecule is O=C(Nc1cc(=O)n2ccccc2n1)C1(c2ccc(N3CCC[C@@H](NCC45CC(F)(C4)C5)C3)cn2)COC1. The maximum atomic E-state index is 13.9. The van der Waals surface area contributed by atoms with Gasteiger partial charge in [-0.2, -0.15) is 0 Å². The zero-order valence-electron chi connectivity index (χ0n) is 21.2. The predicted octanol–water partition coefficient (Wildman–Crippen LogP) is 2.45. The number of aromatic nitrogens is 3. The topological polar surface area (TPSA) is 101 Å². The average molecular weight is 519 g/mol. The van der Waals surface area contributed by atoms with Gasteiger partial charge in [0.05, 0.1) is 30.8 Å². The van der Waals surface area contributed by atoms with Crippen molar-refractivity contribution in [3.8, 4) is 0 Å². The van der Waals surface area contributed by atoms with Crippen molar-refractivity contribution < 1.29 is 13.9 Å². The van der Waals surface area contributed by atoms with Crippen LogP contribution in [0.4, 0.5) is 15.9 Å². The second-order valence-corrected chi connectivity index (χ2v) is 11.7. The summed E-state index contributed by atoms with van der Waals surface area (Å²) in [5.41, 5.74) is 0.281. The van der Waals surface area contributed by atoms with E-state index in [0.717, 1.165) is 57.4 Å². The van der Waals surface area contributed by atoms with Gasteiger partial charge in [0.15, 0.2) is 0 Å². The van der Waals surface area contributed by atoms with Crippen molar-refractivity contribution in [2.24, 2.45) is 5.41 Å². The van der Waals surface area contributed by atoms with Crippen LogP contribution in [0.3, 0.4) is 0 Å². The number of piperidine rings is 1. The highest BCUT2D eigenvalue weighted by molar-refractivity contribution is 5.99. The molecular formula is C28H31FN6O3. The first-order chi connectivity index (χ1) is 18.4. The van der Waals surface area contributed by atoms with Gasteiger partial charge >= 0.3 is 0 Å². The van der Waals surface area contributed by atoms with Gasteiger partial charge in [-0.3, -0.25) is 19.0 Å². The fourth-order valence-corrected chi connectivity index (χ4v) is 6.70. The molecule has 3 saturated carbocycles. The lowest BCUT2D eigenvalue weighted by Crippen LogP contribution is -2.68. The summed E-state index contributed by atoms with van der Waals surface area (Å²) in [5, 5.41) is 6.51. The zero-order chi connectivity index (χ0) is 26.0. The van der Waals surface area contributed by atoms with E-state index in [9.17, 15) is 14.0 Å². The third-order valence-electron chi connectivity index (χ3n) is 8.81. The van der Waals surface area contributed by atoms with Gasteiger partial charge in [-0.05, 0) is 61.8 Å². The van der Waals surface area contributed by atoms with Crippen molar-refractivity contribution in [1.29, 1.82) is 0 Å². The number of amides is 1. The van der Waals surface area contributed by atoms with Crippen LogP contribution in [0, 0.1) is 5.41 Å². The second kappa shape index (κ2) is 8.57. The van der Waals surface area contributed by atoms with E-state index in [4.69, 9.17) is 9.72 Å². The summed E-state index contributed by atoms with van der Waals surface area (Å²) in [5.74, 6) is -0.0800. The van der Waals surface area contributed by atoms with Crippen molar-refractivity contribution >= 4 is 23.1 Å². The van der Waals surface area contributed by atoms with Crippen LogP contribution in [0.5, 0.6) is 0 Å². The minimum Gasteiger partial charge on any atom is -0.378 e. The number of pyridine rings is 2. The molecule has 0 radical (unpaired) electrons. The van der Waals surface area contributed by atoms with Crippen molar-refractivity contribution in [3.63, 3.8) is 0 Å². The molecule has 38 heavy (non-hydrogen) atoms. The number of fused-ring (bicyclic) bond motifs is 1. The summed E-state index contributed by atoms with van der Waals surface area (Å²) in [6.45, 7) is 3.18. The van der Waals surface area contributed by atoms with Crippen molar-refractivity contribution in [1.82, 2.24) is 19.7 Å². The Bertz CT molecular complexity index is 1430. The number of hydrogen-bond acceptors (Lipinski definition) is 7. The Kier molecular flexibility index (Phi) is 5.35. The number of hydrogen-bond donors (Lipinski definition) is 2. The van der Waals surface area contributed by atoms with E-state index in [1.54, 1.807) is 24.4 Å². The quantitative estimate of drug-likeness (QED) is 0.496. The highest BCUT2D eigenvalue weighted by Crippen LogP contribution is 2.69. The Hall–Kier alpha value is -3.37. The monoisotopic (exact) mass is 518 g/mol. The molecule has 2 N–H and O–H groups in total. The molecule has 2 aliphatic heterocycles. The normalized spacial score (nSPS) is 29.2. The molecule has 0 spiro atoms. The fraction of sp³-hybridized carbons (Fsp3) is 0.500. The molecular weight excluding hydrogens is 487 g/mol. The molecule has 3 aliphatic carbocycles. The maximum absolute atomic E-state index is 13.9. The molecule has 1 atom stereocenters. The molecule has 2 bridgehead atoms. The van der Waals surface area contributed by atoms with E-state index in [2.05, 4.69) is 20.5 Å². The molecule has 198 valence electrons. The second-order valence-electron chi connectivity index (χ2n) is 11.7. The number of carbonyl (C=O) groups excluding carboxylic acids is 1. The van der Waals surface area contributed by atoms with E-state index in [0.29, 0.717) is 17.4 Å². The van der Waals surface area contributed by atoms with Crippen molar-refractivity contribution in [3.05, 3.63) is 64.8 Å². The number of halogens is 1. The van der Waals surface area contributed by atoms with E-state index < -0.39 is 11.1 Å². The van der Waals surface area contributed by atoms with E-state index >= 15 is 0 Å². The summed E-state index contributed by atoms with van der Waals surface area (Å²) in [6, 6.07) is 10.9. The molecule has 0 aromatic carbocycles. The van der Waals surface area contributed by atoms with E-state index in [1.165, 1.54) is 10.5 Å². The minimum atomic E-state index is -0.926. The van der Waals surface area contributed by atoms with Gasteiger partial charge in [0.2, 0.25) is 5.91 Å². The number of nitrogens with one attached hydrogen (secondary N) is 2. The lowest BCUT2D eigenvalue weighted by Gasteiger charge is -2.66. The predicted molar refractivity (Wildman–Crippen MR) is 140 cm³/mol. The molecule has 5 fully saturated rings. The van der Waals surface area contributed by atoms with Crippen LogP contribution in [0.1, 0.15) is 37.8 Å². The maximum Gasteiger partial charge on any atom is 0.259 e. The van der Waals surface area contributed by atoms with Crippen LogP contribution in [0.25, 0.3) is 5.65 Å². The van der Waals surface area contributed by atoms with Gasteiger partial charge in [0, 0.05) is 37.9 Å². The lowest BCUT2D eigenvalue weighted by atomic mass is 9.42. The van der Waals surface area contributed by atoms with Crippen LogP contribution in [0.15, 0.2) is 53.6 Å². The molecule has 9 nitrogen and oxygen atoms in total. The molecule has 3 aromatic heterocycles. The number of ether oxygens (including phenoxy) is 1. The molecule has 10 heteroatoms. The first-order valence-electron chi connectivity index (χ1n) is 13.4. The smallest absolute Gasteiger partial charge is 0.259 e. The third kappa shape index (κ3) is 3.89. The molecule has 5 aliphatic rings. The van der Waals surface area contributed by atoms with Crippen LogP contribution in [-0.2, 0) is 14.9 Å². The van der Waals surface area contributed by atoms with Gasteiger partial charge in [0.25, 0.3) is 5.56 Å². The van der Waals surface area contributed by atoms with Gasteiger partial charge < -0.3 is 20.3 Å². The van der Waals surface area contributed by atoms with E-state index in [1.807, 2.05) is 18.3 Å². The van der Waals surface area contributed by atoms with Gasteiger partial charge in [-0.15, -0.1) is 0 Å². The minimum absolute atomic E-state index is 0.205. The molecule has 5 heterocycles. The summed E-state index contributed by atoms with van der Waals surface area (Å²) in [6.07, 6.45) is 7.84. The van der Waals surface area contributed by atoms with Crippen LogP contribution < -0.4 is 21.1 Å². The largest absolute Gasteiger partial charge is 0.378 e. The van der Waals surface area contributed by atoms with Crippen molar-refractivity contribution in [2.45, 2.75) is 49.2 Å². The van der Waals surface area contributed by atoms with Gasteiger partial charge in [-0.25, -0.2) is 9.37 Å². The Morgan fingerprint density at radius 3 is 2.74 bits per heavy atom. The lowest BCUT2D eigenvalue weighted by molar-refractivity contribution is -0.210. The molecule has 1 amide bonds. The third-order valence-corrected chi connectivity index (χ3v) is 8.81. The number of carbonyl (C=O) groups is 1. The van der Waals surface area contributed by atoms with Crippen LogP contribution >= 0.6 is 0 Å². The number of rotatable bonds is 7. The molecule has 2 saturated heterocycles. The highest BCUT2D eigenvalue weighted by atomic mass is 19.1. The summed E-state index contributed by atoms with van der Waals surface area (Å²) in [4.78, 5) is 37.2. The molecule has 0 unspecified atom stereocenters. The number of anilines is 2. The summed E-state index contributed by atoms with van der Waals surface area (Å²) >= 11 is 0. The summed E-state index contributed by atoms with van der Waals surface area (Å²) in [7, 11) is 0. The summed E-state index contributed by atoms with van der Waals surface area (Å²) < 4.78 is 20.7. The average Bonchev–Trinajstić information content (AvgIpc) is 2.85. The molecule has 3 aromatic rings. The van der Waals surface area contributed by atoms with Crippen LogP contribution in [0.2, 0.25) is 0 Å². The van der Waals surface area contributed by atoms with Gasteiger partial charge in [-0.1, -0.05) is 6.07 Å². The van der Waals surface area contributed by atoms with E-state index in [-0.39, 0.29) is 35.9 Å². The Morgan fingerprint density at radius 1 is 1.18 bits per heavy atom. The highest BCUT2D eigenvalue weighted by Gasteiger charge is 2.68. The van der Waals surface area contributed by atoms with Crippen molar-refractivity contribution in [2.75, 3.05) is 43.1 Å². The first kappa shape index (κ1) is 23.7. The zero-order valence-corrected chi connectivity index (χ0v) is 21.2. The first-order valence-corrected chi connectivity index (χ1v) is 13.4. The van der Waals surface area contributed by atoms with Crippen LogP contribution in [-0.4, -0.2) is 64.8 Å². The van der Waals surface area contributed by atoms with Gasteiger partial charge in [0.1, 0.15) is 22.5 Å². The Balaban J connectivity index is 1.02.